The van der Waals surface area contributed by atoms with Crippen molar-refractivity contribution in [3.63, 3.8) is 0 Å². The molecule has 2 amide bonds. The first-order chi connectivity index (χ1) is 11.2. The summed E-state index contributed by atoms with van der Waals surface area (Å²) < 4.78 is 1.72. The molecule has 23 heavy (non-hydrogen) atoms. The number of aromatic nitrogens is 2. The number of carbonyl (C=O) groups is 1. The summed E-state index contributed by atoms with van der Waals surface area (Å²) in [6.07, 6.45) is 3.40. The fourth-order valence-electron chi connectivity index (χ4n) is 2.85. The third-order valence-corrected chi connectivity index (χ3v) is 4.26. The Kier molecular flexibility index (Phi) is 4.83. The van der Waals surface area contributed by atoms with Crippen molar-refractivity contribution in [3.8, 4) is 0 Å². The normalized spacial score (nSPS) is 17.5. The molecule has 0 aliphatic carbocycles. The SMILES string of the molecule is O=C(Nc1ccnn1Cc1cccc(Cl)c1)N1CCC[C@H]1CO. The van der Waals surface area contributed by atoms with Crippen molar-refractivity contribution in [2.45, 2.75) is 25.4 Å². The lowest BCUT2D eigenvalue weighted by Gasteiger charge is -2.23. The molecule has 1 aromatic heterocycles. The van der Waals surface area contributed by atoms with E-state index in [1.165, 1.54) is 0 Å². The maximum Gasteiger partial charge on any atom is 0.323 e. The minimum atomic E-state index is -0.200. The number of nitrogens with zero attached hydrogens (tertiary/aromatic N) is 3. The number of aliphatic hydroxyl groups is 1. The average molecular weight is 335 g/mol. The van der Waals surface area contributed by atoms with Crippen LogP contribution in [0, 0.1) is 0 Å². The van der Waals surface area contributed by atoms with Crippen molar-refractivity contribution in [1.82, 2.24) is 14.7 Å². The lowest BCUT2D eigenvalue weighted by Crippen LogP contribution is -2.40. The average Bonchev–Trinajstić information content (AvgIpc) is 3.16. The van der Waals surface area contributed by atoms with Crippen molar-refractivity contribution in [1.29, 1.82) is 0 Å². The van der Waals surface area contributed by atoms with E-state index >= 15 is 0 Å². The number of urea groups is 1. The number of anilines is 1. The first-order valence-corrected chi connectivity index (χ1v) is 8.00. The highest BCUT2D eigenvalue weighted by atomic mass is 35.5. The van der Waals surface area contributed by atoms with Gasteiger partial charge in [0.25, 0.3) is 0 Å². The summed E-state index contributed by atoms with van der Waals surface area (Å²) in [6.45, 7) is 1.18. The summed E-state index contributed by atoms with van der Waals surface area (Å²) in [5.74, 6) is 0.624. The first-order valence-electron chi connectivity index (χ1n) is 7.62. The van der Waals surface area contributed by atoms with Crippen LogP contribution in [-0.2, 0) is 6.54 Å². The smallest absolute Gasteiger partial charge is 0.323 e. The van der Waals surface area contributed by atoms with Crippen LogP contribution in [-0.4, -0.2) is 45.0 Å². The molecule has 3 rings (SSSR count). The number of rotatable bonds is 4. The molecule has 1 aromatic carbocycles. The van der Waals surface area contributed by atoms with E-state index in [0.29, 0.717) is 23.9 Å². The molecule has 0 spiro atoms. The highest BCUT2D eigenvalue weighted by molar-refractivity contribution is 6.30. The fraction of sp³-hybridized carbons (Fsp3) is 0.375. The molecule has 122 valence electrons. The zero-order chi connectivity index (χ0) is 16.2. The second-order valence-electron chi connectivity index (χ2n) is 5.61. The summed E-state index contributed by atoms with van der Waals surface area (Å²) in [7, 11) is 0. The molecule has 2 N–H and O–H groups in total. The Labute approximate surface area is 139 Å². The molecule has 1 fully saturated rings. The molecular weight excluding hydrogens is 316 g/mol. The van der Waals surface area contributed by atoms with Crippen LogP contribution in [0.1, 0.15) is 18.4 Å². The molecule has 2 heterocycles. The van der Waals surface area contributed by atoms with Gasteiger partial charge in [0, 0.05) is 17.6 Å². The van der Waals surface area contributed by atoms with Gasteiger partial charge < -0.3 is 10.0 Å². The highest BCUT2D eigenvalue weighted by Crippen LogP contribution is 2.19. The maximum absolute atomic E-state index is 12.4. The Bertz CT molecular complexity index is 688. The zero-order valence-electron chi connectivity index (χ0n) is 12.7. The number of halogens is 1. The van der Waals surface area contributed by atoms with Crippen LogP contribution in [0.3, 0.4) is 0 Å². The monoisotopic (exact) mass is 334 g/mol. The van der Waals surface area contributed by atoms with Crippen LogP contribution in [0.5, 0.6) is 0 Å². The minimum absolute atomic E-state index is 0.00477. The van der Waals surface area contributed by atoms with Gasteiger partial charge in [0.05, 0.1) is 25.4 Å². The zero-order valence-corrected chi connectivity index (χ0v) is 13.4. The molecule has 7 heteroatoms. The fourth-order valence-corrected chi connectivity index (χ4v) is 3.06. The van der Waals surface area contributed by atoms with Gasteiger partial charge in [-0.2, -0.15) is 5.10 Å². The molecule has 0 bridgehead atoms. The van der Waals surface area contributed by atoms with Crippen LogP contribution in [0.2, 0.25) is 5.02 Å². The second-order valence-corrected chi connectivity index (χ2v) is 6.04. The molecule has 6 nitrogen and oxygen atoms in total. The van der Waals surface area contributed by atoms with Gasteiger partial charge in [-0.25, -0.2) is 9.48 Å². The minimum Gasteiger partial charge on any atom is -0.394 e. The van der Waals surface area contributed by atoms with Gasteiger partial charge in [0.15, 0.2) is 0 Å². The van der Waals surface area contributed by atoms with Gasteiger partial charge in [-0.1, -0.05) is 23.7 Å². The van der Waals surface area contributed by atoms with Crippen LogP contribution in [0.15, 0.2) is 36.5 Å². The number of hydrogen-bond acceptors (Lipinski definition) is 3. The van der Waals surface area contributed by atoms with Gasteiger partial charge in [0.1, 0.15) is 5.82 Å². The Morgan fingerprint density at radius 2 is 2.30 bits per heavy atom. The van der Waals surface area contributed by atoms with E-state index in [4.69, 9.17) is 11.6 Å². The molecule has 1 aliphatic rings. The Morgan fingerprint density at radius 1 is 1.43 bits per heavy atom. The Hall–Kier alpha value is -2.05. The third kappa shape index (κ3) is 3.65. The van der Waals surface area contributed by atoms with E-state index in [0.717, 1.165) is 18.4 Å². The molecule has 2 aromatic rings. The maximum atomic E-state index is 12.4. The van der Waals surface area contributed by atoms with Crippen molar-refractivity contribution in [3.05, 3.63) is 47.1 Å². The standard InChI is InChI=1S/C16H19ClN4O2/c17-13-4-1-3-12(9-13)10-21-15(6-7-18-21)19-16(23)20-8-2-5-14(20)11-22/h1,3-4,6-7,9,14,22H,2,5,8,10-11H2,(H,19,23)/t14-/m0/s1. The lowest BCUT2D eigenvalue weighted by atomic mass is 10.2. The van der Waals surface area contributed by atoms with Gasteiger partial charge in [-0.3, -0.25) is 5.32 Å². The quantitative estimate of drug-likeness (QED) is 0.902. The number of carbonyl (C=O) groups excluding carboxylic acids is 1. The molecular formula is C16H19ClN4O2. The Balaban J connectivity index is 1.70. The van der Waals surface area contributed by atoms with E-state index in [1.54, 1.807) is 21.8 Å². The number of aliphatic hydroxyl groups excluding tert-OH is 1. The third-order valence-electron chi connectivity index (χ3n) is 4.02. The van der Waals surface area contributed by atoms with Gasteiger partial charge in [-0.05, 0) is 30.5 Å². The topological polar surface area (TPSA) is 70.4 Å². The predicted molar refractivity (Wildman–Crippen MR) is 88.6 cm³/mol. The number of benzene rings is 1. The van der Waals surface area contributed by atoms with Gasteiger partial charge in [0.2, 0.25) is 0 Å². The summed E-state index contributed by atoms with van der Waals surface area (Å²) in [5.41, 5.74) is 1.01. The molecule has 1 saturated heterocycles. The van der Waals surface area contributed by atoms with E-state index < -0.39 is 0 Å². The summed E-state index contributed by atoms with van der Waals surface area (Å²) in [6, 6.07) is 8.99. The number of amides is 2. The predicted octanol–water partition coefficient (Wildman–Crippen LogP) is 2.57. The van der Waals surface area contributed by atoms with Crippen molar-refractivity contribution in [2.24, 2.45) is 0 Å². The number of hydrogen-bond donors (Lipinski definition) is 2. The summed E-state index contributed by atoms with van der Waals surface area (Å²) in [4.78, 5) is 14.1. The second kappa shape index (κ2) is 7.02. The highest BCUT2D eigenvalue weighted by Gasteiger charge is 2.28. The largest absolute Gasteiger partial charge is 0.394 e. The molecule has 0 saturated carbocycles. The van der Waals surface area contributed by atoms with E-state index in [9.17, 15) is 9.90 Å². The Morgan fingerprint density at radius 3 is 3.09 bits per heavy atom. The number of likely N-dealkylation sites (tertiary alicyclic amines) is 1. The molecule has 0 radical (unpaired) electrons. The van der Waals surface area contributed by atoms with Crippen LogP contribution in [0.25, 0.3) is 0 Å². The number of nitrogens with one attached hydrogen (secondary N) is 1. The lowest BCUT2D eigenvalue weighted by molar-refractivity contribution is 0.166. The van der Waals surface area contributed by atoms with Crippen molar-refractivity contribution < 1.29 is 9.90 Å². The molecule has 0 unspecified atom stereocenters. The molecule has 1 atom stereocenters. The molecule has 1 aliphatic heterocycles. The van der Waals surface area contributed by atoms with E-state index in [-0.39, 0.29) is 18.7 Å². The van der Waals surface area contributed by atoms with E-state index in [1.807, 2.05) is 24.3 Å². The van der Waals surface area contributed by atoms with Crippen LogP contribution < -0.4 is 5.32 Å². The van der Waals surface area contributed by atoms with Crippen LogP contribution in [0.4, 0.5) is 10.6 Å². The van der Waals surface area contributed by atoms with Crippen molar-refractivity contribution >= 4 is 23.4 Å². The summed E-state index contributed by atoms with van der Waals surface area (Å²) in [5, 5.41) is 17.1. The summed E-state index contributed by atoms with van der Waals surface area (Å²) >= 11 is 6.00. The van der Waals surface area contributed by atoms with Crippen molar-refractivity contribution in [2.75, 3.05) is 18.5 Å². The van der Waals surface area contributed by atoms with E-state index in [2.05, 4.69) is 10.4 Å². The first kappa shape index (κ1) is 15.8. The van der Waals surface area contributed by atoms with Gasteiger partial charge >= 0.3 is 6.03 Å². The van der Waals surface area contributed by atoms with Crippen LogP contribution >= 0.6 is 11.6 Å². The van der Waals surface area contributed by atoms with Gasteiger partial charge in [-0.15, -0.1) is 0 Å².